The molecule has 0 aliphatic carbocycles. The van der Waals surface area contributed by atoms with Gasteiger partial charge in [-0.05, 0) is 0 Å². The lowest BCUT2D eigenvalue weighted by molar-refractivity contribution is 0.0962. The van der Waals surface area contributed by atoms with Crippen molar-refractivity contribution >= 4 is 5.91 Å². The van der Waals surface area contributed by atoms with E-state index in [9.17, 15) is 4.79 Å². The van der Waals surface area contributed by atoms with Gasteiger partial charge in [-0.15, -0.1) is 0 Å². The molecule has 0 saturated heterocycles. The zero-order valence-corrected chi connectivity index (χ0v) is 4.92. The van der Waals surface area contributed by atoms with Gasteiger partial charge in [0.25, 0.3) is 5.91 Å². The predicted molar refractivity (Wildman–Crippen MR) is 29.9 cm³/mol. The van der Waals surface area contributed by atoms with Gasteiger partial charge in [0.15, 0.2) is 0 Å². The van der Waals surface area contributed by atoms with Crippen molar-refractivity contribution in [3.63, 3.8) is 0 Å². The zero-order chi connectivity index (χ0) is 6.69. The first kappa shape index (κ1) is 5.81. The van der Waals surface area contributed by atoms with Crippen molar-refractivity contribution in [3.8, 4) is 0 Å². The van der Waals surface area contributed by atoms with E-state index >= 15 is 0 Å². The molecule has 1 N–H and O–H groups in total. The van der Waals surface area contributed by atoms with Crippen LogP contribution in [0.4, 0.5) is 0 Å². The number of hydrogen-bond acceptors (Lipinski definition) is 3. The third kappa shape index (κ3) is 1.07. The molecule has 0 atom stereocenters. The van der Waals surface area contributed by atoms with Crippen molar-refractivity contribution in [1.82, 2.24) is 10.5 Å². The molecule has 1 heterocycles. The number of carbonyl (C=O) groups is 1. The highest BCUT2D eigenvalue weighted by atomic mass is 16.5. The molecule has 0 fully saturated rings. The van der Waals surface area contributed by atoms with Crippen LogP contribution in [0.25, 0.3) is 0 Å². The van der Waals surface area contributed by atoms with E-state index in [0.29, 0.717) is 5.56 Å². The Morgan fingerprint density at radius 1 is 1.89 bits per heavy atom. The van der Waals surface area contributed by atoms with Crippen molar-refractivity contribution in [2.24, 2.45) is 0 Å². The third-order valence-electron chi connectivity index (χ3n) is 0.922. The van der Waals surface area contributed by atoms with Crippen LogP contribution in [0.2, 0.25) is 0 Å². The van der Waals surface area contributed by atoms with Gasteiger partial charge in [-0.3, -0.25) is 4.79 Å². The maximum Gasteiger partial charge on any atom is 0.255 e. The Balaban J connectivity index is 2.77. The summed E-state index contributed by atoms with van der Waals surface area (Å²) in [7, 11) is 1.55. The second-order valence-corrected chi connectivity index (χ2v) is 1.49. The normalized spacial score (nSPS) is 9.00. The molecule has 0 aliphatic heterocycles. The van der Waals surface area contributed by atoms with Crippen LogP contribution < -0.4 is 5.32 Å². The first-order chi connectivity index (χ1) is 4.34. The van der Waals surface area contributed by atoms with Crippen LogP contribution in [-0.2, 0) is 0 Å². The summed E-state index contributed by atoms with van der Waals surface area (Å²) in [5.74, 6) is -0.184. The van der Waals surface area contributed by atoms with Gasteiger partial charge >= 0.3 is 0 Å². The lowest BCUT2D eigenvalue weighted by atomic mass is 10.3. The minimum absolute atomic E-state index is 0.184. The molecule has 1 aromatic heterocycles. The molecule has 0 unspecified atom stereocenters. The summed E-state index contributed by atoms with van der Waals surface area (Å²) in [6.45, 7) is 0. The average molecular weight is 126 g/mol. The highest BCUT2D eigenvalue weighted by Crippen LogP contribution is 1.93. The maximum atomic E-state index is 10.7. The number of nitrogens with one attached hydrogen (secondary N) is 1. The Bertz CT molecular complexity index is 193. The molecule has 0 aromatic carbocycles. The zero-order valence-electron chi connectivity index (χ0n) is 4.92. The molecule has 9 heavy (non-hydrogen) atoms. The van der Waals surface area contributed by atoms with E-state index in [2.05, 4.69) is 15.0 Å². The van der Waals surface area contributed by atoms with Gasteiger partial charge in [0.2, 0.25) is 0 Å². The van der Waals surface area contributed by atoms with Crippen LogP contribution in [0.1, 0.15) is 10.4 Å². The molecule has 0 saturated carbocycles. The van der Waals surface area contributed by atoms with E-state index in [1.54, 1.807) is 7.05 Å². The third-order valence-corrected chi connectivity index (χ3v) is 0.922. The fraction of sp³-hybridized carbons (Fsp3) is 0.200. The van der Waals surface area contributed by atoms with Crippen molar-refractivity contribution in [1.29, 1.82) is 0 Å². The Kier molecular flexibility index (Phi) is 1.48. The highest BCUT2D eigenvalue weighted by Gasteiger charge is 2.02. The van der Waals surface area contributed by atoms with E-state index in [-0.39, 0.29) is 5.91 Å². The Hall–Kier alpha value is -1.32. The number of hydrogen-bond donors (Lipinski definition) is 1. The van der Waals surface area contributed by atoms with Gasteiger partial charge < -0.3 is 9.84 Å². The molecule has 0 aliphatic rings. The lowest BCUT2D eigenvalue weighted by Gasteiger charge is -1.88. The summed E-state index contributed by atoms with van der Waals surface area (Å²) in [5, 5.41) is 5.78. The number of carbonyl (C=O) groups excluding carboxylic acids is 1. The molecule has 1 amide bonds. The molecule has 1 rings (SSSR count). The van der Waals surface area contributed by atoms with Crippen molar-refractivity contribution in [2.75, 3.05) is 7.05 Å². The fourth-order valence-corrected chi connectivity index (χ4v) is 0.461. The molecule has 4 heteroatoms. The van der Waals surface area contributed by atoms with Gasteiger partial charge in [0.05, 0.1) is 11.8 Å². The molecule has 0 radical (unpaired) electrons. The van der Waals surface area contributed by atoms with Crippen LogP contribution in [0, 0.1) is 0 Å². The first-order valence-corrected chi connectivity index (χ1v) is 2.46. The monoisotopic (exact) mass is 126 g/mol. The summed E-state index contributed by atoms with van der Waals surface area (Å²) in [6, 6.07) is 0. The van der Waals surface area contributed by atoms with Crippen molar-refractivity contribution in [3.05, 3.63) is 18.0 Å². The second-order valence-electron chi connectivity index (χ2n) is 1.49. The molecule has 1 aromatic rings. The summed E-state index contributed by atoms with van der Waals surface area (Å²) < 4.78 is 4.43. The van der Waals surface area contributed by atoms with Crippen LogP contribution >= 0.6 is 0 Å². The summed E-state index contributed by atoms with van der Waals surface area (Å²) >= 11 is 0. The summed E-state index contributed by atoms with van der Waals surface area (Å²) in [4.78, 5) is 10.7. The predicted octanol–water partition coefficient (Wildman–Crippen LogP) is 0.0342. The van der Waals surface area contributed by atoms with Gasteiger partial charge in [-0.2, -0.15) is 0 Å². The largest absolute Gasteiger partial charge is 0.364 e. The topological polar surface area (TPSA) is 55.1 Å². The van der Waals surface area contributed by atoms with E-state index in [1.165, 1.54) is 12.5 Å². The fourth-order valence-electron chi connectivity index (χ4n) is 0.461. The Morgan fingerprint density at radius 3 is 3.11 bits per heavy atom. The number of rotatable bonds is 1. The van der Waals surface area contributed by atoms with Gasteiger partial charge in [0, 0.05) is 7.05 Å². The van der Waals surface area contributed by atoms with Crippen LogP contribution in [0.15, 0.2) is 17.0 Å². The SMILES string of the molecule is CNC(=O)c1cnoc1. The quantitative estimate of drug-likeness (QED) is 0.577. The number of nitrogens with zero attached hydrogens (tertiary/aromatic N) is 1. The Labute approximate surface area is 51.8 Å². The summed E-state index contributed by atoms with van der Waals surface area (Å²) in [6.07, 6.45) is 2.65. The Morgan fingerprint density at radius 2 is 2.67 bits per heavy atom. The number of aromatic nitrogens is 1. The first-order valence-electron chi connectivity index (χ1n) is 2.46. The van der Waals surface area contributed by atoms with Gasteiger partial charge in [0.1, 0.15) is 6.26 Å². The standard InChI is InChI=1S/C5H6N2O2/c1-6-5(8)4-2-7-9-3-4/h2-3H,1H3,(H,6,8). The maximum absolute atomic E-state index is 10.7. The average Bonchev–Trinajstić information content (AvgIpc) is 2.37. The lowest BCUT2D eigenvalue weighted by Crippen LogP contribution is -2.16. The van der Waals surface area contributed by atoms with Crippen molar-refractivity contribution < 1.29 is 9.32 Å². The molecule has 48 valence electrons. The van der Waals surface area contributed by atoms with E-state index in [1.807, 2.05) is 0 Å². The van der Waals surface area contributed by atoms with Crippen LogP contribution in [-0.4, -0.2) is 18.1 Å². The summed E-state index contributed by atoms with van der Waals surface area (Å²) in [5.41, 5.74) is 0.442. The van der Waals surface area contributed by atoms with Crippen LogP contribution in [0.5, 0.6) is 0 Å². The molecular weight excluding hydrogens is 120 g/mol. The minimum Gasteiger partial charge on any atom is -0.364 e. The van der Waals surface area contributed by atoms with Gasteiger partial charge in [-0.25, -0.2) is 0 Å². The number of amides is 1. The van der Waals surface area contributed by atoms with Crippen LogP contribution in [0.3, 0.4) is 0 Å². The van der Waals surface area contributed by atoms with E-state index in [0.717, 1.165) is 0 Å². The van der Waals surface area contributed by atoms with Gasteiger partial charge in [-0.1, -0.05) is 5.16 Å². The molecule has 4 nitrogen and oxygen atoms in total. The minimum atomic E-state index is -0.184. The molecule has 0 bridgehead atoms. The van der Waals surface area contributed by atoms with Crippen molar-refractivity contribution in [2.45, 2.75) is 0 Å². The highest BCUT2D eigenvalue weighted by molar-refractivity contribution is 5.93. The van der Waals surface area contributed by atoms with E-state index in [4.69, 9.17) is 0 Å². The molecule has 0 spiro atoms. The molecular formula is C5H6N2O2. The van der Waals surface area contributed by atoms with E-state index < -0.39 is 0 Å². The second kappa shape index (κ2) is 2.30. The smallest absolute Gasteiger partial charge is 0.255 e.